The lowest BCUT2D eigenvalue weighted by molar-refractivity contribution is -0.139. The number of aromatic nitrogens is 1. The third-order valence-corrected chi connectivity index (χ3v) is 3.78. The van der Waals surface area contributed by atoms with Gasteiger partial charge in [0.15, 0.2) is 0 Å². The minimum Gasteiger partial charge on any atom is -0.480 e. The van der Waals surface area contributed by atoms with Gasteiger partial charge in [0.25, 0.3) is 0 Å². The molecule has 1 fully saturated rings. The zero-order valence-electron chi connectivity index (χ0n) is 10.8. The summed E-state index contributed by atoms with van der Waals surface area (Å²) in [4.78, 5) is 16.9. The van der Waals surface area contributed by atoms with E-state index in [0.29, 0.717) is 22.9 Å². The van der Waals surface area contributed by atoms with Crippen molar-refractivity contribution >= 4 is 23.4 Å². The highest BCUT2D eigenvalue weighted by Crippen LogP contribution is 2.29. The van der Waals surface area contributed by atoms with Crippen LogP contribution in [0.4, 0.5) is 5.82 Å². The van der Waals surface area contributed by atoms with Gasteiger partial charge in [-0.3, -0.25) is 9.69 Å². The summed E-state index contributed by atoms with van der Waals surface area (Å²) in [6, 6.07) is 4.25. The van der Waals surface area contributed by atoms with Crippen LogP contribution >= 0.6 is 11.6 Å². The molecule has 1 saturated carbocycles. The van der Waals surface area contributed by atoms with Crippen molar-refractivity contribution in [1.82, 2.24) is 9.88 Å². The van der Waals surface area contributed by atoms with Crippen LogP contribution in [0.15, 0.2) is 18.3 Å². The van der Waals surface area contributed by atoms with Gasteiger partial charge in [-0.2, -0.15) is 0 Å². The number of hydrogen-bond donors (Lipinski definition) is 2. The van der Waals surface area contributed by atoms with Crippen LogP contribution in [-0.2, 0) is 4.79 Å². The van der Waals surface area contributed by atoms with Crippen molar-refractivity contribution < 1.29 is 9.90 Å². The molecule has 1 aliphatic carbocycles. The van der Waals surface area contributed by atoms with E-state index in [4.69, 9.17) is 16.7 Å². The van der Waals surface area contributed by atoms with Gasteiger partial charge >= 0.3 is 5.97 Å². The van der Waals surface area contributed by atoms with Gasteiger partial charge in [-0.05, 0) is 31.5 Å². The quantitative estimate of drug-likeness (QED) is 0.837. The maximum atomic E-state index is 10.7. The summed E-state index contributed by atoms with van der Waals surface area (Å²) in [5.74, 6) is -0.0695. The number of anilines is 1. The molecular formula is C13H18ClN3O2. The molecule has 0 radical (unpaired) electrons. The fourth-order valence-electron chi connectivity index (χ4n) is 2.36. The average molecular weight is 284 g/mol. The van der Waals surface area contributed by atoms with Gasteiger partial charge in [-0.25, -0.2) is 4.98 Å². The van der Waals surface area contributed by atoms with Gasteiger partial charge in [0.2, 0.25) is 0 Å². The van der Waals surface area contributed by atoms with E-state index < -0.39 is 5.97 Å². The molecule has 0 aromatic carbocycles. The second-order valence-corrected chi connectivity index (χ2v) is 5.16. The zero-order valence-corrected chi connectivity index (χ0v) is 11.6. The van der Waals surface area contributed by atoms with Gasteiger partial charge < -0.3 is 10.4 Å². The van der Waals surface area contributed by atoms with Crippen molar-refractivity contribution in [1.29, 1.82) is 0 Å². The minimum absolute atomic E-state index is 0.109. The number of aliphatic carboxylic acids is 1. The Balaban J connectivity index is 1.83. The molecule has 0 spiro atoms. The molecule has 0 bridgehead atoms. The monoisotopic (exact) mass is 283 g/mol. The first-order valence-electron chi connectivity index (χ1n) is 6.43. The summed E-state index contributed by atoms with van der Waals surface area (Å²) < 4.78 is 0. The Hall–Kier alpha value is -1.33. The van der Waals surface area contributed by atoms with Crippen molar-refractivity contribution in [2.45, 2.75) is 31.8 Å². The first kappa shape index (κ1) is 14.1. The van der Waals surface area contributed by atoms with E-state index in [-0.39, 0.29) is 6.54 Å². The fourth-order valence-corrected chi connectivity index (χ4v) is 2.54. The topological polar surface area (TPSA) is 65.5 Å². The number of pyridine rings is 1. The largest absolute Gasteiger partial charge is 0.480 e. The lowest BCUT2D eigenvalue weighted by atomic mass is 9.85. The normalized spacial score (nSPS) is 22.1. The number of carboxylic acids is 1. The van der Waals surface area contributed by atoms with E-state index in [0.717, 1.165) is 19.4 Å². The third kappa shape index (κ3) is 3.58. The van der Waals surface area contributed by atoms with Gasteiger partial charge in [0.05, 0.1) is 11.6 Å². The summed E-state index contributed by atoms with van der Waals surface area (Å²) in [6.45, 7) is 2.85. The molecule has 2 rings (SSSR count). The highest BCUT2D eigenvalue weighted by molar-refractivity contribution is 6.32. The van der Waals surface area contributed by atoms with Crippen molar-refractivity contribution in [3.05, 3.63) is 23.4 Å². The van der Waals surface area contributed by atoms with Crippen molar-refractivity contribution in [2.75, 3.05) is 18.4 Å². The molecule has 1 heterocycles. The molecule has 0 aliphatic heterocycles. The lowest BCUT2D eigenvalue weighted by Gasteiger charge is -2.42. The van der Waals surface area contributed by atoms with Gasteiger partial charge in [-0.1, -0.05) is 18.5 Å². The standard InChI is InChI=1S/C13H18ClN3O2/c1-2-17(8-12(18)19)10-6-9(7-10)16-13-11(14)4-3-5-15-13/h3-5,9-10H,2,6-8H2,1H3,(H,15,16)(H,18,19). The lowest BCUT2D eigenvalue weighted by Crippen LogP contribution is -2.51. The van der Waals surface area contributed by atoms with Gasteiger partial charge in [-0.15, -0.1) is 0 Å². The van der Waals surface area contributed by atoms with E-state index in [1.54, 1.807) is 18.3 Å². The number of halogens is 1. The Kier molecular flexibility index (Phi) is 4.61. The predicted octanol–water partition coefficient (Wildman–Crippen LogP) is 2.08. The molecule has 5 nitrogen and oxygen atoms in total. The molecule has 0 amide bonds. The van der Waals surface area contributed by atoms with Gasteiger partial charge in [0.1, 0.15) is 5.82 Å². The van der Waals surface area contributed by atoms with Gasteiger partial charge in [0, 0.05) is 18.3 Å². The summed E-state index contributed by atoms with van der Waals surface area (Å²) in [5.41, 5.74) is 0. The second-order valence-electron chi connectivity index (χ2n) is 4.76. The summed E-state index contributed by atoms with van der Waals surface area (Å²) in [6.07, 6.45) is 3.55. The van der Waals surface area contributed by atoms with Crippen molar-refractivity contribution in [2.24, 2.45) is 0 Å². The first-order valence-corrected chi connectivity index (χ1v) is 6.80. The number of nitrogens with one attached hydrogen (secondary N) is 1. The molecule has 1 aliphatic rings. The van der Waals surface area contributed by atoms with E-state index in [9.17, 15) is 4.79 Å². The van der Waals surface area contributed by atoms with Crippen LogP contribution in [-0.4, -0.2) is 46.1 Å². The molecule has 19 heavy (non-hydrogen) atoms. The highest BCUT2D eigenvalue weighted by atomic mass is 35.5. The van der Waals surface area contributed by atoms with Crippen LogP contribution in [0, 0.1) is 0 Å². The third-order valence-electron chi connectivity index (χ3n) is 3.47. The first-order chi connectivity index (χ1) is 9.10. The molecule has 104 valence electrons. The Bertz CT molecular complexity index is 449. The molecule has 1 aromatic heterocycles. The van der Waals surface area contributed by atoms with Crippen molar-refractivity contribution in [3.63, 3.8) is 0 Å². The van der Waals surface area contributed by atoms with Crippen LogP contribution in [0.25, 0.3) is 0 Å². The molecule has 2 N–H and O–H groups in total. The summed E-state index contributed by atoms with van der Waals surface area (Å²) in [5, 5.41) is 12.7. The van der Waals surface area contributed by atoms with E-state index in [1.165, 1.54) is 0 Å². The fraction of sp³-hybridized carbons (Fsp3) is 0.538. The summed E-state index contributed by atoms with van der Waals surface area (Å²) in [7, 11) is 0. The number of rotatable bonds is 6. The smallest absolute Gasteiger partial charge is 0.317 e. The SMILES string of the molecule is CCN(CC(=O)O)C1CC(Nc2ncccc2Cl)C1. The average Bonchev–Trinajstić information content (AvgIpc) is 2.32. The number of nitrogens with zero attached hydrogens (tertiary/aromatic N) is 2. The maximum Gasteiger partial charge on any atom is 0.317 e. The predicted molar refractivity (Wildman–Crippen MR) is 74.6 cm³/mol. The zero-order chi connectivity index (χ0) is 13.8. The second kappa shape index (κ2) is 6.21. The Morgan fingerprint density at radius 1 is 1.63 bits per heavy atom. The molecular weight excluding hydrogens is 266 g/mol. The minimum atomic E-state index is -0.772. The number of carbonyl (C=O) groups is 1. The number of carboxylic acid groups (broad SMARTS) is 1. The van der Waals surface area contributed by atoms with Crippen LogP contribution in [0.3, 0.4) is 0 Å². The molecule has 0 atom stereocenters. The van der Waals surface area contributed by atoms with E-state index in [2.05, 4.69) is 10.3 Å². The molecule has 1 aromatic rings. The highest BCUT2D eigenvalue weighted by Gasteiger charge is 2.34. The molecule has 0 saturated heterocycles. The van der Waals surface area contributed by atoms with Crippen LogP contribution in [0.2, 0.25) is 5.02 Å². The number of hydrogen-bond acceptors (Lipinski definition) is 4. The van der Waals surface area contributed by atoms with E-state index >= 15 is 0 Å². The van der Waals surface area contributed by atoms with E-state index in [1.807, 2.05) is 11.8 Å². The Morgan fingerprint density at radius 2 is 2.37 bits per heavy atom. The number of likely N-dealkylation sites (N-methyl/N-ethyl adjacent to an activating group) is 1. The van der Waals surface area contributed by atoms with Crippen molar-refractivity contribution in [3.8, 4) is 0 Å². The van der Waals surface area contributed by atoms with Crippen LogP contribution in [0.5, 0.6) is 0 Å². The Morgan fingerprint density at radius 3 is 2.95 bits per heavy atom. The molecule has 6 heteroatoms. The van der Waals surface area contributed by atoms with Crippen LogP contribution in [0.1, 0.15) is 19.8 Å². The van der Waals surface area contributed by atoms with Crippen LogP contribution < -0.4 is 5.32 Å². The summed E-state index contributed by atoms with van der Waals surface area (Å²) >= 11 is 6.03. The Labute approximate surface area is 117 Å². The molecule has 0 unspecified atom stereocenters. The maximum absolute atomic E-state index is 10.7.